The van der Waals surface area contributed by atoms with E-state index in [2.05, 4.69) is 15.3 Å². The Morgan fingerprint density at radius 2 is 1.88 bits per heavy atom. The summed E-state index contributed by atoms with van der Waals surface area (Å²) in [4.78, 5) is 0.748. The van der Waals surface area contributed by atoms with E-state index in [1.54, 1.807) is 11.6 Å². The first-order valence-corrected chi connectivity index (χ1v) is 8.62. The molecule has 7 heteroatoms. The highest BCUT2D eigenvalue weighted by Crippen LogP contribution is 2.28. The Bertz CT molecular complexity index is 981. The van der Waals surface area contributed by atoms with Crippen LogP contribution in [0.1, 0.15) is 11.4 Å². The predicted octanol–water partition coefficient (Wildman–Crippen LogP) is 3.58. The first kappa shape index (κ1) is 15.7. The molecular weight excluding hydrogens is 336 g/mol. The molecule has 25 heavy (non-hydrogen) atoms. The Morgan fingerprint density at radius 1 is 1.00 bits per heavy atom. The van der Waals surface area contributed by atoms with E-state index in [1.165, 1.54) is 11.3 Å². The third-order valence-corrected chi connectivity index (χ3v) is 4.61. The highest BCUT2D eigenvalue weighted by molar-refractivity contribution is 7.19. The van der Waals surface area contributed by atoms with Gasteiger partial charge < -0.3 is 9.47 Å². The van der Waals surface area contributed by atoms with Gasteiger partial charge in [0.05, 0.1) is 0 Å². The maximum atomic E-state index is 5.89. The molecule has 0 radical (unpaired) electrons. The number of aromatic nitrogens is 4. The summed E-state index contributed by atoms with van der Waals surface area (Å²) in [5.74, 6) is 1.50. The molecule has 0 saturated heterocycles. The summed E-state index contributed by atoms with van der Waals surface area (Å²) in [7, 11) is 1.63. The Balaban J connectivity index is 1.56. The average molecular weight is 352 g/mol. The Kier molecular flexibility index (Phi) is 4.41. The fourth-order valence-electron chi connectivity index (χ4n) is 2.45. The summed E-state index contributed by atoms with van der Waals surface area (Å²) in [6.07, 6.45) is 0. The van der Waals surface area contributed by atoms with Gasteiger partial charge in [0, 0.05) is 12.7 Å². The zero-order valence-corrected chi connectivity index (χ0v) is 14.4. The minimum atomic E-state index is 0.380. The van der Waals surface area contributed by atoms with Crippen molar-refractivity contribution in [2.45, 2.75) is 13.2 Å². The molecule has 0 spiro atoms. The zero-order chi connectivity index (χ0) is 17.1. The SMILES string of the molecule is COCc1nnc2sc(-c3cccc(OCc4ccccc4)c3)nn12. The molecule has 0 N–H and O–H groups in total. The van der Waals surface area contributed by atoms with Crippen molar-refractivity contribution in [1.29, 1.82) is 0 Å². The molecule has 2 aromatic carbocycles. The molecule has 0 saturated carbocycles. The third kappa shape index (κ3) is 3.38. The quantitative estimate of drug-likeness (QED) is 0.531. The molecule has 0 aliphatic carbocycles. The lowest BCUT2D eigenvalue weighted by Gasteiger charge is -2.07. The maximum absolute atomic E-state index is 5.89. The van der Waals surface area contributed by atoms with Crippen LogP contribution in [0.15, 0.2) is 54.6 Å². The van der Waals surface area contributed by atoms with Crippen LogP contribution in [0.4, 0.5) is 0 Å². The van der Waals surface area contributed by atoms with Crippen LogP contribution in [0.3, 0.4) is 0 Å². The lowest BCUT2D eigenvalue weighted by atomic mass is 10.2. The largest absolute Gasteiger partial charge is 0.489 e. The van der Waals surface area contributed by atoms with E-state index in [0.29, 0.717) is 19.0 Å². The molecule has 0 aliphatic heterocycles. The van der Waals surface area contributed by atoms with E-state index in [4.69, 9.17) is 9.47 Å². The van der Waals surface area contributed by atoms with Gasteiger partial charge in [-0.1, -0.05) is 53.8 Å². The van der Waals surface area contributed by atoms with Crippen LogP contribution in [0.25, 0.3) is 15.5 Å². The Labute approximate surface area is 148 Å². The second-order valence-electron chi connectivity index (χ2n) is 5.45. The summed E-state index contributed by atoms with van der Waals surface area (Å²) in [5, 5.41) is 13.7. The second-order valence-corrected chi connectivity index (χ2v) is 6.41. The van der Waals surface area contributed by atoms with E-state index in [-0.39, 0.29) is 0 Å². The fraction of sp³-hybridized carbons (Fsp3) is 0.167. The topological polar surface area (TPSA) is 61.5 Å². The van der Waals surface area contributed by atoms with Crippen molar-refractivity contribution >= 4 is 16.3 Å². The number of fused-ring (bicyclic) bond motifs is 1. The minimum Gasteiger partial charge on any atom is -0.489 e. The van der Waals surface area contributed by atoms with Crippen molar-refractivity contribution < 1.29 is 9.47 Å². The van der Waals surface area contributed by atoms with Crippen molar-refractivity contribution in [2.75, 3.05) is 7.11 Å². The van der Waals surface area contributed by atoms with Gasteiger partial charge in [-0.2, -0.15) is 9.61 Å². The van der Waals surface area contributed by atoms with E-state index >= 15 is 0 Å². The van der Waals surface area contributed by atoms with E-state index < -0.39 is 0 Å². The molecular formula is C18H16N4O2S. The van der Waals surface area contributed by atoms with Crippen molar-refractivity contribution in [3.8, 4) is 16.3 Å². The van der Waals surface area contributed by atoms with Crippen LogP contribution in [0.2, 0.25) is 0 Å². The van der Waals surface area contributed by atoms with Crippen LogP contribution in [-0.2, 0) is 18.0 Å². The normalized spacial score (nSPS) is 11.1. The molecule has 126 valence electrons. The van der Waals surface area contributed by atoms with Crippen LogP contribution < -0.4 is 4.74 Å². The van der Waals surface area contributed by atoms with Crippen molar-refractivity contribution in [1.82, 2.24) is 19.8 Å². The van der Waals surface area contributed by atoms with Gasteiger partial charge in [0.25, 0.3) is 0 Å². The predicted molar refractivity (Wildman–Crippen MR) is 95.6 cm³/mol. The molecule has 6 nitrogen and oxygen atoms in total. The molecule has 0 bridgehead atoms. The molecule has 0 fully saturated rings. The highest BCUT2D eigenvalue weighted by atomic mass is 32.1. The summed E-state index contributed by atoms with van der Waals surface area (Å²) in [6.45, 7) is 0.915. The molecule has 0 unspecified atom stereocenters. The third-order valence-electron chi connectivity index (χ3n) is 3.66. The summed E-state index contributed by atoms with van der Waals surface area (Å²) in [6, 6.07) is 18.0. The number of hydrogen-bond acceptors (Lipinski definition) is 6. The van der Waals surface area contributed by atoms with Crippen LogP contribution in [0.5, 0.6) is 5.75 Å². The lowest BCUT2D eigenvalue weighted by Crippen LogP contribution is -1.97. The smallest absolute Gasteiger partial charge is 0.235 e. The van der Waals surface area contributed by atoms with E-state index in [9.17, 15) is 0 Å². The van der Waals surface area contributed by atoms with E-state index in [1.807, 2.05) is 54.6 Å². The highest BCUT2D eigenvalue weighted by Gasteiger charge is 2.13. The summed E-state index contributed by atoms with van der Waals surface area (Å²) >= 11 is 1.49. The minimum absolute atomic E-state index is 0.380. The van der Waals surface area contributed by atoms with Crippen LogP contribution in [0, 0.1) is 0 Å². The van der Waals surface area contributed by atoms with Crippen molar-refractivity contribution in [3.63, 3.8) is 0 Å². The van der Waals surface area contributed by atoms with Gasteiger partial charge in [0.2, 0.25) is 4.96 Å². The monoisotopic (exact) mass is 352 g/mol. The van der Waals surface area contributed by atoms with Crippen molar-refractivity contribution in [2.24, 2.45) is 0 Å². The number of nitrogens with zero attached hydrogens (tertiary/aromatic N) is 4. The van der Waals surface area contributed by atoms with Gasteiger partial charge in [0.1, 0.15) is 24.0 Å². The first-order valence-electron chi connectivity index (χ1n) is 7.81. The fourth-order valence-corrected chi connectivity index (χ4v) is 3.31. The number of ether oxygens (including phenoxy) is 2. The lowest BCUT2D eigenvalue weighted by molar-refractivity contribution is 0.176. The molecule has 0 aliphatic rings. The number of benzene rings is 2. The molecule has 2 heterocycles. The summed E-state index contributed by atoms with van der Waals surface area (Å²) < 4.78 is 12.7. The van der Waals surface area contributed by atoms with Crippen molar-refractivity contribution in [3.05, 3.63) is 66.0 Å². The molecule has 2 aromatic heterocycles. The second kappa shape index (κ2) is 7.00. The van der Waals surface area contributed by atoms with E-state index in [0.717, 1.165) is 26.8 Å². The van der Waals surface area contributed by atoms with Gasteiger partial charge in [-0.05, 0) is 17.7 Å². The molecule has 0 atom stereocenters. The van der Waals surface area contributed by atoms with Gasteiger partial charge in [-0.3, -0.25) is 0 Å². The van der Waals surface area contributed by atoms with Gasteiger partial charge in [-0.15, -0.1) is 10.2 Å². The first-order chi connectivity index (χ1) is 12.3. The number of hydrogen-bond donors (Lipinski definition) is 0. The maximum Gasteiger partial charge on any atom is 0.235 e. The molecule has 4 rings (SSSR count). The Morgan fingerprint density at radius 3 is 2.72 bits per heavy atom. The average Bonchev–Trinajstić information content (AvgIpc) is 3.23. The number of rotatable bonds is 6. The number of methoxy groups -OCH3 is 1. The standard InChI is InChI=1S/C18H16N4O2S/c1-23-12-16-19-20-18-22(16)21-17(25-18)14-8-5-9-15(10-14)24-11-13-6-3-2-4-7-13/h2-10H,11-12H2,1H3. The molecule has 0 amide bonds. The zero-order valence-electron chi connectivity index (χ0n) is 13.6. The Hall–Kier alpha value is -2.77. The van der Waals surface area contributed by atoms with Gasteiger partial charge in [-0.25, -0.2) is 0 Å². The van der Waals surface area contributed by atoms with Gasteiger partial charge in [0.15, 0.2) is 5.82 Å². The summed E-state index contributed by atoms with van der Waals surface area (Å²) in [5.41, 5.74) is 2.13. The van der Waals surface area contributed by atoms with Crippen LogP contribution >= 0.6 is 11.3 Å². The van der Waals surface area contributed by atoms with Crippen LogP contribution in [-0.4, -0.2) is 26.9 Å². The molecule has 4 aromatic rings. The van der Waals surface area contributed by atoms with Gasteiger partial charge >= 0.3 is 0 Å².